The normalized spacial score (nSPS) is 17.0. The lowest BCUT2D eigenvalue weighted by Crippen LogP contribution is -2.70. The van der Waals surface area contributed by atoms with E-state index in [0.717, 1.165) is 22.6 Å². The van der Waals surface area contributed by atoms with Crippen LogP contribution in [-0.2, 0) is 0 Å². The third kappa shape index (κ3) is 4.28. The smallest absolute Gasteiger partial charge is 0.200 e. The maximum Gasteiger partial charge on any atom is 0.460 e. The van der Waals surface area contributed by atoms with Crippen LogP contribution in [0.25, 0.3) is 0 Å². The summed E-state index contributed by atoms with van der Waals surface area (Å²) in [7, 11) is 0. The van der Waals surface area contributed by atoms with Gasteiger partial charge in [-0.15, -0.1) is 0 Å². The minimum Gasteiger partial charge on any atom is -0.200 e. The highest BCUT2D eigenvalue weighted by Crippen LogP contribution is 2.61. The highest BCUT2D eigenvalue weighted by atomic mass is 127. The Labute approximate surface area is 152 Å². The summed E-state index contributed by atoms with van der Waals surface area (Å²) >= 11 is 1.13. The van der Waals surface area contributed by atoms with Gasteiger partial charge in [0.05, 0.1) is 0 Å². The zero-order valence-corrected chi connectivity index (χ0v) is 15.0. The van der Waals surface area contributed by atoms with Gasteiger partial charge in [0.1, 0.15) is 0 Å². The van der Waals surface area contributed by atoms with Crippen LogP contribution >= 0.6 is 22.6 Å². The maximum atomic E-state index is 13.5. The van der Waals surface area contributed by atoms with Gasteiger partial charge < -0.3 is 0 Å². The van der Waals surface area contributed by atoms with E-state index in [2.05, 4.69) is 0 Å². The predicted octanol–water partition coefficient (Wildman–Crippen LogP) is 6.97. The predicted molar refractivity (Wildman–Crippen MR) is 72.7 cm³/mol. The van der Waals surface area contributed by atoms with E-state index in [9.17, 15) is 57.1 Å². The Kier molecular flexibility index (Phi) is 7.28. The zero-order valence-electron chi connectivity index (χ0n) is 12.9. The van der Waals surface area contributed by atoms with E-state index in [0.29, 0.717) is 0 Å². The van der Waals surface area contributed by atoms with Gasteiger partial charge in [-0.05, 0) is 12.3 Å². The van der Waals surface area contributed by atoms with Crippen LogP contribution in [0.4, 0.5) is 57.1 Å². The Morgan fingerprint density at radius 2 is 0.962 bits per heavy atom. The molecule has 0 aromatic rings. The standard InChI is InChI=1S/C12H12F13I/c1-5(2)3-6(26)4-7(13,14)8(15,16)9(17,18)10(19,20)11(21,22)12(23,24)25/h5-6H,3-4H2,1-2H3. The number of rotatable bonds is 8. The van der Waals surface area contributed by atoms with Crippen LogP contribution in [0.5, 0.6) is 0 Å². The third-order valence-electron chi connectivity index (χ3n) is 3.20. The van der Waals surface area contributed by atoms with Crippen molar-refractivity contribution in [2.24, 2.45) is 5.92 Å². The summed E-state index contributed by atoms with van der Waals surface area (Å²) in [6, 6.07) is 0. The van der Waals surface area contributed by atoms with E-state index in [4.69, 9.17) is 0 Å². The fourth-order valence-electron chi connectivity index (χ4n) is 1.80. The average Bonchev–Trinajstić information content (AvgIpc) is 2.34. The van der Waals surface area contributed by atoms with Gasteiger partial charge in [0.15, 0.2) is 0 Å². The zero-order chi connectivity index (χ0) is 21.6. The highest BCUT2D eigenvalue weighted by molar-refractivity contribution is 14.1. The van der Waals surface area contributed by atoms with Gasteiger partial charge in [0, 0.05) is 10.3 Å². The fraction of sp³-hybridized carbons (Fsp3) is 1.00. The topological polar surface area (TPSA) is 0 Å². The summed E-state index contributed by atoms with van der Waals surface area (Å²) in [5, 5.41) is 0. The molecule has 0 radical (unpaired) electrons. The molecule has 0 aliphatic rings. The molecule has 0 aromatic heterocycles. The van der Waals surface area contributed by atoms with E-state index >= 15 is 0 Å². The minimum atomic E-state index is -7.83. The first-order valence-electron chi connectivity index (χ1n) is 6.66. The van der Waals surface area contributed by atoms with Crippen molar-refractivity contribution in [2.45, 2.75) is 66.4 Å². The molecule has 26 heavy (non-hydrogen) atoms. The molecule has 0 saturated carbocycles. The summed E-state index contributed by atoms with van der Waals surface area (Å²) in [5.74, 6) is -36.8. The quantitative estimate of drug-likeness (QED) is 0.181. The first-order valence-corrected chi connectivity index (χ1v) is 7.90. The second kappa shape index (κ2) is 7.33. The maximum absolute atomic E-state index is 13.5. The molecule has 0 aliphatic carbocycles. The van der Waals surface area contributed by atoms with Crippen molar-refractivity contribution >= 4 is 22.6 Å². The van der Waals surface area contributed by atoms with Crippen LogP contribution in [0, 0.1) is 5.92 Å². The molecule has 0 amide bonds. The molecule has 0 nitrogen and oxygen atoms in total. The summed E-state index contributed by atoms with van der Waals surface area (Å²) < 4.78 is 166. The second-order valence-electron chi connectivity index (χ2n) is 5.93. The Morgan fingerprint density at radius 3 is 1.27 bits per heavy atom. The van der Waals surface area contributed by atoms with Crippen molar-refractivity contribution < 1.29 is 57.1 Å². The van der Waals surface area contributed by atoms with Gasteiger partial charge in [-0.25, -0.2) is 0 Å². The molecule has 0 spiro atoms. The fourth-order valence-corrected chi connectivity index (χ4v) is 3.37. The number of hydrogen-bond donors (Lipinski definition) is 0. The molecule has 0 fully saturated rings. The molecule has 0 aromatic carbocycles. The number of hydrogen-bond acceptors (Lipinski definition) is 0. The van der Waals surface area contributed by atoms with Crippen molar-refractivity contribution in [1.82, 2.24) is 0 Å². The van der Waals surface area contributed by atoms with Crippen LogP contribution in [0.2, 0.25) is 0 Å². The Morgan fingerprint density at radius 1 is 0.615 bits per heavy atom. The lowest BCUT2D eigenvalue weighted by Gasteiger charge is -2.40. The Bertz CT molecular complexity index is 480. The van der Waals surface area contributed by atoms with Gasteiger partial charge in [0.25, 0.3) is 0 Å². The minimum absolute atomic E-state index is 0.257. The largest absolute Gasteiger partial charge is 0.460 e. The van der Waals surface area contributed by atoms with Gasteiger partial charge >= 0.3 is 35.8 Å². The molecule has 1 unspecified atom stereocenters. The van der Waals surface area contributed by atoms with E-state index in [1.54, 1.807) is 0 Å². The van der Waals surface area contributed by atoms with Crippen molar-refractivity contribution in [3.8, 4) is 0 Å². The summed E-state index contributed by atoms with van der Waals surface area (Å²) in [5.41, 5.74) is 0. The Balaban J connectivity index is 6.00. The highest BCUT2D eigenvalue weighted by Gasteiger charge is 2.90. The molecular weight excluding hydrogens is 518 g/mol. The van der Waals surface area contributed by atoms with Crippen LogP contribution < -0.4 is 0 Å². The van der Waals surface area contributed by atoms with E-state index < -0.39 is 52.1 Å². The van der Waals surface area contributed by atoms with Crippen molar-refractivity contribution in [3.63, 3.8) is 0 Å². The molecule has 0 rings (SSSR count). The molecule has 14 heteroatoms. The van der Waals surface area contributed by atoms with Crippen molar-refractivity contribution in [3.05, 3.63) is 0 Å². The van der Waals surface area contributed by atoms with E-state index in [1.165, 1.54) is 13.8 Å². The SMILES string of the molecule is CC(C)CC(I)CC(F)(F)C(F)(F)C(F)(F)C(F)(F)C(F)(F)C(F)(F)F. The Hall–Kier alpha value is -0.180. The van der Waals surface area contributed by atoms with Crippen LogP contribution in [0.1, 0.15) is 26.7 Å². The third-order valence-corrected chi connectivity index (χ3v) is 4.15. The average molecular weight is 530 g/mol. The first kappa shape index (κ1) is 25.8. The van der Waals surface area contributed by atoms with E-state index in [-0.39, 0.29) is 6.42 Å². The molecule has 0 bridgehead atoms. The second-order valence-corrected chi connectivity index (χ2v) is 7.69. The lowest BCUT2D eigenvalue weighted by molar-refractivity contribution is -0.440. The molecule has 0 aliphatic heterocycles. The van der Waals surface area contributed by atoms with Crippen LogP contribution in [0.15, 0.2) is 0 Å². The van der Waals surface area contributed by atoms with Gasteiger partial charge in [0.2, 0.25) is 0 Å². The van der Waals surface area contributed by atoms with Crippen LogP contribution in [0.3, 0.4) is 0 Å². The molecule has 0 N–H and O–H groups in total. The molecular formula is C12H12F13I. The molecule has 1 atom stereocenters. The van der Waals surface area contributed by atoms with Gasteiger partial charge in [-0.2, -0.15) is 57.1 Å². The van der Waals surface area contributed by atoms with E-state index in [1.807, 2.05) is 0 Å². The number of alkyl halides is 14. The molecule has 158 valence electrons. The molecule has 0 saturated heterocycles. The number of halogens is 14. The summed E-state index contributed by atoms with van der Waals surface area (Å²) in [4.78, 5) is 0. The summed E-state index contributed by atoms with van der Waals surface area (Å²) in [6.45, 7) is 2.85. The first-order chi connectivity index (χ1) is 11.1. The van der Waals surface area contributed by atoms with Gasteiger partial charge in [-0.1, -0.05) is 36.4 Å². The van der Waals surface area contributed by atoms with Crippen molar-refractivity contribution in [2.75, 3.05) is 0 Å². The molecule has 0 heterocycles. The lowest BCUT2D eigenvalue weighted by atomic mass is 9.91. The van der Waals surface area contributed by atoms with Crippen molar-refractivity contribution in [1.29, 1.82) is 0 Å². The summed E-state index contributed by atoms with van der Waals surface area (Å²) in [6.07, 6.45) is -9.77. The monoisotopic (exact) mass is 530 g/mol. The van der Waals surface area contributed by atoms with Gasteiger partial charge in [-0.3, -0.25) is 0 Å². The van der Waals surface area contributed by atoms with Crippen LogP contribution in [-0.4, -0.2) is 39.7 Å².